The topological polar surface area (TPSA) is 58.0 Å². The van der Waals surface area contributed by atoms with Crippen LogP contribution in [-0.2, 0) is 11.3 Å². The van der Waals surface area contributed by atoms with E-state index in [-0.39, 0.29) is 6.10 Å². The lowest BCUT2D eigenvalue weighted by Gasteiger charge is -2.31. The highest BCUT2D eigenvalue weighted by atomic mass is 19.1. The molecule has 0 N–H and O–H groups in total. The summed E-state index contributed by atoms with van der Waals surface area (Å²) in [5.41, 5.74) is 9.52. The number of hydrogen-bond acceptors (Lipinski definition) is 2. The minimum absolute atomic E-state index is 0.315. The molecule has 5 heteroatoms. The number of benzene rings is 1. The third-order valence-corrected chi connectivity index (χ3v) is 3.21. The van der Waals surface area contributed by atoms with Gasteiger partial charge < -0.3 is 4.74 Å². The van der Waals surface area contributed by atoms with E-state index in [0.717, 1.165) is 18.4 Å². The lowest BCUT2D eigenvalue weighted by Crippen LogP contribution is -2.38. The van der Waals surface area contributed by atoms with Crippen molar-refractivity contribution in [3.63, 3.8) is 0 Å². The number of rotatable bonds is 4. The smallest absolute Gasteiger partial charge is 0.111 e. The zero-order chi connectivity index (χ0) is 12.8. The Morgan fingerprint density at radius 3 is 2.83 bits per heavy atom. The summed E-state index contributed by atoms with van der Waals surface area (Å²) in [4.78, 5) is 2.72. The maximum atomic E-state index is 13.7. The zero-order valence-electron chi connectivity index (χ0n) is 10.1. The Morgan fingerprint density at radius 1 is 1.33 bits per heavy atom. The molecule has 0 saturated heterocycles. The van der Waals surface area contributed by atoms with Crippen molar-refractivity contribution in [2.45, 2.75) is 44.2 Å². The third kappa shape index (κ3) is 3.22. The molecule has 0 spiro atoms. The van der Waals surface area contributed by atoms with E-state index in [0.29, 0.717) is 13.0 Å². The van der Waals surface area contributed by atoms with E-state index in [1.165, 1.54) is 0 Å². The van der Waals surface area contributed by atoms with Crippen LogP contribution >= 0.6 is 0 Å². The number of ether oxygens (including phenoxy) is 1. The lowest BCUT2D eigenvalue weighted by molar-refractivity contribution is -0.0192. The molecular formula is C13H16FN3O. The highest BCUT2D eigenvalue weighted by Gasteiger charge is 2.33. The van der Waals surface area contributed by atoms with E-state index < -0.39 is 12.2 Å². The molecule has 1 aromatic carbocycles. The minimum atomic E-state index is -1.09. The van der Waals surface area contributed by atoms with E-state index >= 15 is 0 Å². The summed E-state index contributed by atoms with van der Waals surface area (Å²) in [6.45, 7) is 0.426. The SMILES string of the molecule is [N-]=[N+]=N[C@@H]1[C@@H](OCc2ccccc2)CCC[C@@H]1F. The molecule has 0 amide bonds. The van der Waals surface area contributed by atoms with Crippen molar-refractivity contribution in [2.75, 3.05) is 0 Å². The Balaban J connectivity index is 1.96. The molecule has 2 rings (SSSR count). The van der Waals surface area contributed by atoms with Gasteiger partial charge in [0, 0.05) is 4.91 Å². The first kappa shape index (κ1) is 12.9. The molecule has 96 valence electrons. The monoisotopic (exact) mass is 249 g/mol. The van der Waals surface area contributed by atoms with Crippen molar-refractivity contribution in [1.29, 1.82) is 0 Å². The molecule has 0 aliphatic heterocycles. The van der Waals surface area contributed by atoms with Crippen LogP contribution in [0.5, 0.6) is 0 Å². The highest BCUT2D eigenvalue weighted by molar-refractivity contribution is 5.13. The van der Waals surface area contributed by atoms with Gasteiger partial charge in [-0.1, -0.05) is 35.4 Å². The molecule has 1 saturated carbocycles. The van der Waals surface area contributed by atoms with Crippen LogP contribution in [-0.4, -0.2) is 18.3 Å². The molecule has 0 bridgehead atoms. The summed E-state index contributed by atoms with van der Waals surface area (Å²) in [6.07, 6.45) is 0.574. The summed E-state index contributed by atoms with van der Waals surface area (Å²) < 4.78 is 19.4. The van der Waals surface area contributed by atoms with Gasteiger partial charge in [-0.25, -0.2) is 4.39 Å². The Hall–Kier alpha value is -1.58. The quantitative estimate of drug-likeness (QED) is 0.455. The van der Waals surface area contributed by atoms with Gasteiger partial charge in [0.25, 0.3) is 0 Å². The fraction of sp³-hybridized carbons (Fsp3) is 0.538. The van der Waals surface area contributed by atoms with Crippen LogP contribution in [0.1, 0.15) is 24.8 Å². The van der Waals surface area contributed by atoms with E-state index in [1.807, 2.05) is 30.3 Å². The summed E-state index contributed by atoms with van der Waals surface area (Å²) in [7, 11) is 0. The molecule has 1 aliphatic carbocycles. The predicted molar refractivity (Wildman–Crippen MR) is 66.7 cm³/mol. The van der Waals surface area contributed by atoms with Crippen LogP contribution in [0.3, 0.4) is 0 Å². The molecule has 0 radical (unpaired) electrons. The summed E-state index contributed by atoms with van der Waals surface area (Å²) in [5, 5.41) is 3.54. The standard InChI is InChI=1S/C13H16FN3O/c14-11-7-4-8-12(13(11)16-17-15)18-9-10-5-2-1-3-6-10/h1-3,5-6,11-13H,4,7-9H2/t11-,12-,13-/m0/s1. The molecule has 3 atom stereocenters. The maximum Gasteiger partial charge on any atom is 0.111 e. The summed E-state index contributed by atoms with van der Waals surface area (Å²) >= 11 is 0. The first-order valence-corrected chi connectivity index (χ1v) is 6.15. The van der Waals surface area contributed by atoms with Crippen molar-refractivity contribution in [3.05, 3.63) is 46.3 Å². The number of azide groups is 1. The Bertz CT molecular complexity index is 420. The first-order chi connectivity index (χ1) is 8.81. The van der Waals surface area contributed by atoms with Crippen molar-refractivity contribution in [2.24, 2.45) is 5.11 Å². The molecule has 0 aromatic heterocycles. The lowest BCUT2D eigenvalue weighted by atomic mass is 9.91. The van der Waals surface area contributed by atoms with Gasteiger partial charge in [-0.05, 0) is 30.4 Å². The zero-order valence-corrected chi connectivity index (χ0v) is 10.1. The number of nitrogens with zero attached hydrogens (tertiary/aromatic N) is 3. The van der Waals surface area contributed by atoms with Crippen LogP contribution < -0.4 is 0 Å². The Morgan fingerprint density at radius 2 is 2.11 bits per heavy atom. The molecule has 4 nitrogen and oxygen atoms in total. The summed E-state index contributed by atoms with van der Waals surface area (Å²) in [5.74, 6) is 0. The maximum absolute atomic E-state index is 13.7. The van der Waals surface area contributed by atoms with Gasteiger partial charge in [-0.3, -0.25) is 0 Å². The summed E-state index contributed by atoms with van der Waals surface area (Å²) in [6, 6.07) is 9.03. The molecule has 1 aliphatic rings. The number of halogens is 1. The first-order valence-electron chi connectivity index (χ1n) is 6.15. The highest BCUT2D eigenvalue weighted by Crippen LogP contribution is 2.27. The van der Waals surface area contributed by atoms with Gasteiger partial charge in [0.1, 0.15) is 6.17 Å². The second kappa shape index (κ2) is 6.38. The van der Waals surface area contributed by atoms with Crippen LogP contribution in [0, 0.1) is 0 Å². The normalized spacial score (nSPS) is 27.5. The average Bonchev–Trinajstić information content (AvgIpc) is 2.41. The Labute approximate surface area is 105 Å². The van der Waals surface area contributed by atoms with Gasteiger partial charge in [0.2, 0.25) is 0 Å². The van der Waals surface area contributed by atoms with E-state index in [4.69, 9.17) is 10.3 Å². The average molecular weight is 249 g/mol. The van der Waals surface area contributed by atoms with E-state index in [2.05, 4.69) is 10.0 Å². The molecule has 1 aromatic rings. The van der Waals surface area contributed by atoms with Gasteiger partial charge in [0.05, 0.1) is 18.8 Å². The van der Waals surface area contributed by atoms with Crippen molar-refractivity contribution < 1.29 is 9.13 Å². The molecule has 0 unspecified atom stereocenters. The van der Waals surface area contributed by atoms with Gasteiger partial charge in [0.15, 0.2) is 0 Å². The largest absolute Gasteiger partial charge is 0.373 e. The van der Waals surface area contributed by atoms with Crippen molar-refractivity contribution in [3.8, 4) is 0 Å². The van der Waals surface area contributed by atoms with Crippen molar-refractivity contribution >= 4 is 0 Å². The van der Waals surface area contributed by atoms with Gasteiger partial charge in [-0.2, -0.15) is 0 Å². The molecular weight excluding hydrogens is 233 g/mol. The molecule has 1 fully saturated rings. The second-order valence-electron chi connectivity index (χ2n) is 4.48. The van der Waals surface area contributed by atoms with Crippen LogP contribution in [0.4, 0.5) is 4.39 Å². The van der Waals surface area contributed by atoms with Gasteiger partial charge >= 0.3 is 0 Å². The number of alkyl halides is 1. The fourth-order valence-corrected chi connectivity index (χ4v) is 2.25. The van der Waals surface area contributed by atoms with E-state index in [1.54, 1.807) is 0 Å². The predicted octanol–water partition coefficient (Wildman–Crippen LogP) is 3.77. The van der Waals surface area contributed by atoms with E-state index in [9.17, 15) is 4.39 Å². The van der Waals surface area contributed by atoms with Gasteiger partial charge in [-0.15, -0.1) is 0 Å². The fourth-order valence-electron chi connectivity index (χ4n) is 2.25. The van der Waals surface area contributed by atoms with Crippen LogP contribution in [0.2, 0.25) is 0 Å². The van der Waals surface area contributed by atoms with Crippen molar-refractivity contribution in [1.82, 2.24) is 0 Å². The minimum Gasteiger partial charge on any atom is -0.373 e. The number of hydrogen-bond donors (Lipinski definition) is 0. The molecule has 0 heterocycles. The third-order valence-electron chi connectivity index (χ3n) is 3.21. The van der Waals surface area contributed by atoms with Crippen LogP contribution in [0.15, 0.2) is 35.4 Å². The van der Waals surface area contributed by atoms with Crippen LogP contribution in [0.25, 0.3) is 10.4 Å². The Kier molecular flexibility index (Phi) is 4.56. The second-order valence-corrected chi connectivity index (χ2v) is 4.48. The molecule has 18 heavy (non-hydrogen) atoms.